The molecule has 0 spiro atoms. The first-order valence-electron chi connectivity index (χ1n) is 4.53. The van der Waals surface area contributed by atoms with Gasteiger partial charge in [-0.15, -0.1) is 0 Å². The van der Waals surface area contributed by atoms with E-state index in [0.29, 0.717) is 0 Å². The maximum atomic E-state index is 3.11. The first-order valence-corrected chi connectivity index (χ1v) is 5.53. The van der Waals surface area contributed by atoms with Gasteiger partial charge in [0.25, 0.3) is 0 Å². The average molecular weight is 181 g/mol. The second-order valence-electron chi connectivity index (χ2n) is 2.61. The third kappa shape index (κ3) is 7.50. The van der Waals surface area contributed by atoms with Gasteiger partial charge in [0, 0.05) is 10.2 Å². The highest BCUT2D eigenvalue weighted by atomic mass is 28.1. The van der Waals surface area contributed by atoms with E-state index in [1.807, 2.05) is 6.07 Å². The van der Waals surface area contributed by atoms with E-state index in [1.165, 1.54) is 15.4 Å². The molecule has 0 bridgehead atoms. The highest BCUT2D eigenvalue weighted by Crippen LogP contribution is 1.76. The van der Waals surface area contributed by atoms with E-state index >= 15 is 0 Å². The van der Waals surface area contributed by atoms with Crippen LogP contribution in [0.1, 0.15) is 13.8 Å². The standard InChI is InChI=1S/C6H8Si.C4H11N/c7-6-4-2-1-3-5-6;1-3-5-4-2/h1-5H,7H3;5H,3-4H2,1-2H3. The van der Waals surface area contributed by atoms with Gasteiger partial charge in [-0.1, -0.05) is 49.4 Å². The van der Waals surface area contributed by atoms with Gasteiger partial charge in [-0.3, -0.25) is 0 Å². The molecule has 1 N–H and O–H groups in total. The van der Waals surface area contributed by atoms with Crippen LogP contribution in [0.4, 0.5) is 0 Å². The summed E-state index contributed by atoms with van der Waals surface area (Å²) in [7, 11) is 1.17. The molecule has 0 fully saturated rings. The summed E-state index contributed by atoms with van der Waals surface area (Å²) in [5.41, 5.74) is 0. The number of hydrogen-bond acceptors (Lipinski definition) is 1. The Morgan fingerprint density at radius 2 is 1.58 bits per heavy atom. The Balaban J connectivity index is 0.000000217. The molecule has 0 aliphatic heterocycles. The molecular formula is C10H19NSi. The summed E-state index contributed by atoms with van der Waals surface area (Å²) in [6, 6.07) is 10.5. The minimum Gasteiger partial charge on any atom is -0.317 e. The third-order valence-electron chi connectivity index (χ3n) is 1.44. The molecule has 0 saturated carbocycles. The predicted molar refractivity (Wildman–Crippen MR) is 60.2 cm³/mol. The van der Waals surface area contributed by atoms with Gasteiger partial charge in [0.15, 0.2) is 0 Å². The largest absolute Gasteiger partial charge is 0.317 e. The van der Waals surface area contributed by atoms with Crippen molar-refractivity contribution in [2.75, 3.05) is 13.1 Å². The molecule has 0 amide bonds. The van der Waals surface area contributed by atoms with Gasteiger partial charge in [0.05, 0.1) is 0 Å². The molecule has 1 rings (SSSR count). The van der Waals surface area contributed by atoms with Gasteiger partial charge in [-0.05, 0) is 13.1 Å². The summed E-state index contributed by atoms with van der Waals surface area (Å²) in [5, 5.41) is 4.57. The van der Waals surface area contributed by atoms with E-state index in [4.69, 9.17) is 0 Å². The fourth-order valence-electron chi connectivity index (χ4n) is 0.784. The second kappa shape index (κ2) is 8.49. The fourth-order valence-corrected chi connectivity index (χ4v) is 1.17. The van der Waals surface area contributed by atoms with Crippen LogP contribution in [-0.4, -0.2) is 23.3 Å². The quantitative estimate of drug-likeness (QED) is 0.647. The molecule has 0 unspecified atom stereocenters. The highest BCUT2D eigenvalue weighted by molar-refractivity contribution is 6.32. The number of hydrogen-bond donors (Lipinski definition) is 1. The van der Waals surface area contributed by atoms with Crippen LogP contribution in [0.3, 0.4) is 0 Å². The smallest absolute Gasteiger partial charge is 0.0384 e. The lowest BCUT2D eigenvalue weighted by molar-refractivity contribution is 0.762. The Kier molecular flexibility index (Phi) is 8.07. The van der Waals surface area contributed by atoms with E-state index in [0.717, 1.165) is 13.1 Å². The molecule has 0 aliphatic carbocycles. The highest BCUT2D eigenvalue weighted by Gasteiger charge is 1.72. The molecule has 1 aromatic rings. The van der Waals surface area contributed by atoms with Crippen LogP contribution in [0.2, 0.25) is 0 Å². The van der Waals surface area contributed by atoms with Crippen LogP contribution in [0.15, 0.2) is 30.3 Å². The Hall–Kier alpha value is -0.603. The van der Waals surface area contributed by atoms with Crippen molar-refractivity contribution in [1.29, 1.82) is 0 Å². The van der Waals surface area contributed by atoms with Gasteiger partial charge < -0.3 is 5.32 Å². The van der Waals surface area contributed by atoms with E-state index < -0.39 is 0 Å². The summed E-state index contributed by atoms with van der Waals surface area (Å²) < 4.78 is 0. The van der Waals surface area contributed by atoms with Crippen LogP contribution in [0.5, 0.6) is 0 Å². The minimum atomic E-state index is 1.09. The summed E-state index contributed by atoms with van der Waals surface area (Å²) in [5.74, 6) is 0. The second-order valence-corrected chi connectivity index (χ2v) is 3.77. The van der Waals surface area contributed by atoms with Crippen LogP contribution in [0.25, 0.3) is 0 Å². The molecule has 68 valence electrons. The molecule has 1 aromatic carbocycles. The molecule has 0 heterocycles. The fraction of sp³-hybridized carbons (Fsp3) is 0.400. The Bertz CT molecular complexity index is 172. The molecule has 0 radical (unpaired) electrons. The molecule has 12 heavy (non-hydrogen) atoms. The van der Waals surface area contributed by atoms with Gasteiger partial charge in [-0.25, -0.2) is 0 Å². The predicted octanol–water partition coefficient (Wildman–Crippen LogP) is 0.293. The number of rotatable bonds is 2. The first kappa shape index (κ1) is 11.4. The Morgan fingerprint density at radius 1 is 1.08 bits per heavy atom. The zero-order valence-corrected chi connectivity index (χ0v) is 10.3. The Labute approximate surface area is 78.6 Å². The summed E-state index contributed by atoms with van der Waals surface area (Å²) in [6.45, 7) is 6.39. The topological polar surface area (TPSA) is 12.0 Å². The van der Waals surface area contributed by atoms with E-state index in [2.05, 4.69) is 43.4 Å². The van der Waals surface area contributed by atoms with E-state index in [1.54, 1.807) is 0 Å². The van der Waals surface area contributed by atoms with E-state index in [-0.39, 0.29) is 0 Å². The molecule has 0 atom stereocenters. The Morgan fingerprint density at radius 3 is 1.75 bits per heavy atom. The molecule has 0 saturated heterocycles. The van der Waals surface area contributed by atoms with Crippen molar-refractivity contribution in [3.63, 3.8) is 0 Å². The van der Waals surface area contributed by atoms with Crippen molar-refractivity contribution in [3.05, 3.63) is 30.3 Å². The lowest BCUT2D eigenvalue weighted by atomic mass is 10.4. The minimum absolute atomic E-state index is 1.09. The zero-order chi connectivity index (χ0) is 9.23. The summed E-state index contributed by atoms with van der Waals surface area (Å²) >= 11 is 0. The lowest BCUT2D eigenvalue weighted by Crippen LogP contribution is -2.09. The maximum absolute atomic E-state index is 3.11. The van der Waals surface area contributed by atoms with Gasteiger partial charge in [0.1, 0.15) is 0 Å². The maximum Gasteiger partial charge on any atom is 0.0384 e. The molecule has 2 heteroatoms. The number of nitrogens with one attached hydrogen (secondary N) is 1. The van der Waals surface area contributed by atoms with Crippen molar-refractivity contribution in [3.8, 4) is 0 Å². The van der Waals surface area contributed by atoms with Crippen LogP contribution >= 0.6 is 0 Å². The first-order chi connectivity index (χ1) is 5.81. The average Bonchev–Trinajstić information content (AvgIpc) is 2.08. The lowest BCUT2D eigenvalue weighted by Gasteiger charge is -1.86. The molecule has 1 nitrogen and oxygen atoms in total. The van der Waals surface area contributed by atoms with Crippen molar-refractivity contribution in [2.24, 2.45) is 0 Å². The van der Waals surface area contributed by atoms with Crippen molar-refractivity contribution in [2.45, 2.75) is 13.8 Å². The van der Waals surface area contributed by atoms with Gasteiger partial charge >= 0.3 is 0 Å². The number of benzene rings is 1. The monoisotopic (exact) mass is 181 g/mol. The van der Waals surface area contributed by atoms with Crippen LogP contribution in [-0.2, 0) is 0 Å². The van der Waals surface area contributed by atoms with Crippen molar-refractivity contribution < 1.29 is 0 Å². The van der Waals surface area contributed by atoms with Crippen molar-refractivity contribution >= 4 is 15.4 Å². The normalized spacial score (nSPS) is 8.83. The third-order valence-corrected chi connectivity index (χ3v) is 2.11. The van der Waals surface area contributed by atoms with Gasteiger partial charge in [0.2, 0.25) is 0 Å². The van der Waals surface area contributed by atoms with Gasteiger partial charge in [-0.2, -0.15) is 0 Å². The zero-order valence-electron chi connectivity index (χ0n) is 8.30. The van der Waals surface area contributed by atoms with Crippen molar-refractivity contribution in [1.82, 2.24) is 5.32 Å². The SMILES string of the molecule is CCNCC.[SiH3]c1ccccc1. The molecule has 0 aliphatic rings. The van der Waals surface area contributed by atoms with E-state index in [9.17, 15) is 0 Å². The van der Waals surface area contributed by atoms with Crippen LogP contribution in [0, 0.1) is 0 Å². The summed E-state index contributed by atoms with van der Waals surface area (Å²) in [6.07, 6.45) is 0. The summed E-state index contributed by atoms with van der Waals surface area (Å²) in [4.78, 5) is 0. The molecular weight excluding hydrogens is 162 g/mol. The van der Waals surface area contributed by atoms with Crippen LogP contribution < -0.4 is 10.5 Å². The molecule has 0 aromatic heterocycles.